The van der Waals surface area contributed by atoms with Crippen molar-refractivity contribution in [3.05, 3.63) is 63.9 Å². The van der Waals surface area contributed by atoms with E-state index < -0.39 is 0 Å². The Morgan fingerprint density at radius 2 is 1.84 bits per heavy atom. The number of pyridine rings is 1. The van der Waals surface area contributed by atoms with Gasteiger partial charge in [-0.25, -0.2) is 4.57 Å². The number of fused-ring (bicyclic) bond motifs is 1. The Morgan fingerprint density at radius 3 is 2.52 bits per heavy atom. The van der Waals surface area contributed by atoms with Crippen molar-refractivity contribution >= 4 is 16.5 Å². The van der Waals surface area contributed by atoms with Gasteiger partial charge in [-0.1, -0.05) is 51.5 Å². The van der Waals surface area contributed by atoms with Crippen LogP contribution in [0.1, 0.15) is 44.2 Å². The second kappa shape index (κ2) is 6.63. The highest BCUT2D eigenvalue weighted by atomic mass is 16.3. The van der Waals surface area contributed by atoms with Gasteiger partial charge in [0.25, 0.3) is 5.56 Å². The molecule has 2 aromatic carbocycles. The van der Waals surface area contributed by atoms with Gasteiger partial charge in [-0.3, -0.25) is 4.79 Å². The first kappa shape index (κ1) is 17.1. The van der Waals surface area contributed by atoms with Crippen LogP contribution in [0.15, 0.2) is 47.3 Å². The van der Waals surface area contributed by atoms with Crippen LogP contribution in [-0.4, -0.2) is 9.67 Å². The summed E-state index contributed by atoms with van der Waals surface area (Å²) in [7, 11) is 0. The molecule has 0 aliphatic heterocycles. The molecule has 3 rings (SSSR count). The zero-order valence-electron chi connectivity index (χ0n) is 14.9. The molecule has 0 aliphatic carbocycles. The topological polar surface area (TPSA) is 68.2 Å². The standard InChI is InChI=1S/C21H24N2O2/c1-4-7-14-8-5-9-15(13(2)3)20(14)23-19(24)12-17-16(21(23)25)10-6-11-18(17)22/h5-6,8-13,25H,4,7,22H2,1-3H3. The lowest BCUT2D eigenvalue weighted by Gasteiger charge is -2.20. The molecule has 130 valence electrons. The van der Waals surface area contributed by atoms with Gasteiger partial charge in [-0.15, -0.1) is 0 Å². The molecule has 0 unspecified atom stereocenters. The summed E-state index contributed by atoms with van der Waals surface area (Å²) < 4.78 is 1.43. The maximum Gasteiger partial charge on any atom is 0.258 e. The molecule has 0 aliphatic rings. The van der Waals surface area contributed by atoms with Crippen LogP contribution in [0, 0.1) is 0 Å². The summed E-state index contributed by atoms with van der Waals surface area (Å²) >= 11 is 0. The first-order valence-corrected chi connectivity index (χ1v) is 8.71. The molecule has 4 nitrogen and oxygen atoms in total. The van der Waals surface area contributed by atoms with Crippen LogP contribution in [0.3, 0.4) is 0 Å². The number of aromatic nitrogens is 1. The highest BCUT2D eigenvalue weighted by Crippen LogP contribution is 2.33. The van der Waals surface area contributed by atoms with E-state index in [-0.39, 0.29) is 17.4 Å². The fourth-order valence-electron chi connectivity index (χ4n) is 3.39. The van der Waals surface area contributed by atoms with Crippen molar-refractivity contribution in [2.75, 3.05) is 5.73 Å². The van der Waals surface area contributed by atoms with Gasteiger partial charge in [0.15, 0.2) is 0 Å². The molecule has 3 aromatic rings. The number of aryl methyl sites for hydroxylation is 1. The van der Waals surface area contributed by atoms with Crippen molar-refractivity contribution in [3.63, 3.8) is 0 Å². The van der Waals surface area contributed by atoms with Crippen LogP contribution < -0.4 is 11.3 Å². The Labute approximate surface area is 147 Å². The molecule has 0 atom stereocenters. The second-order valence-corrected chi connectivity index (χ2v) is 6.71. The smallest absolute Gasteiger partial charge is 0.258 e. The van der Waals surface area contributed by atoms with Crippen LogP contribution >= 0.6 is 0 Å². The fraction of sp³-hybridized carbons (Fsp3) is 0.286. The molecule has 4 heteroatoms. The van der Waals surface area contributed by atoms with Crippen molar-refractivity contribution in [2.45, 2.75) is 39.5 Å². The van der Waals surface area contributed by atoms with E-state index in [0.717, 1.165) is 29.7 Å². The van der Waals surface area contributed by atoms with Crippen LogP contribution in [-0.2, 0) is 6.42 Å². The Morgan fingerprint density at radius 1 is 1.12 bits per heavy atom. The van der Waals surface area contributed by atoms with Crippen molar-refractivity contribution in [1.82, 2.24) is 4.57 Å². The Hall–Kier alpha value is -2.75. The van der Waals surface area contributed by atoms with Gasteiger partial charge in [0.2, 0.25) is 5.88 Å². The van der Waals surface area contributed by atoms with Gasteiger partial charge in [0.05, 0.1) is 5.69 Å². The minimum atomic E-state index is -0.270. The third-order valence-electron chi connectivity index (χ3n) is 4.60. The molecule has 0 bridgehead atoms. The highest BCUT2D eigenvalue weighted by Gasteiger charge is 2.19. The maximum absolute atomic E-state index is 12.9. The van der Waals surface area contributed by atoms with Gasteiger partial charge in [0.1, 0.15) is 0 Å². The predicted octanol–water partition coefficient (Wildman–Crippen LogP) is 4.35. The lowest BCUT2D eigenvalue weighted by molar-refractivity contribution is 0.441. The Balaban J connectivity index is 2.43. The number of hydrogen-bond acceptors (Lipinski definition) is 3. The molecule has 0 fully saturated rings. The fourth-order valence-corrected chi connectivity index (χ4v) is 3.39. The van der Waals surface area contributed by atoms with Crippen molar-refractivity contribution in [2.24, 2.45) is 0 Å². The van der Waals surface area contributed by atoms with Crippen molar-refractivity contribution in [3.8, 4) is 11.6 Å². The number of nitrogens with two attached hydrogens (primary N) is 1. The van der Waals surface area contributed by atoms with Gasteiger partial charge in [-0.05, 0) is 35.6 Å². The summed E-state index contributed by atoms with van der Waals surface area (Å²) in [6.07, 6.45) is 1.81. The summed E-state index contributed by atoms with van der Waals surface area (Å²) in [4.78, 5) is 12.9. The number of anilines is 1. The number of benzene rings is 2. The van der Waals surface area contributed by atoms with Crippen LogP contribution in [0.4, 0.5) is 5.69 Å². The molecule has 1 heterocycles. The second-order valence-electron chi connectivity index (χ2n) is 6.71. The molecule has 3 N–H and O–H groups in total. The first-order chi connectivity index (χ1) is 12.0. The Bertz CT molecular complexity index is 987. The average molecular weight is 336 g/mol. The molecule has 1 aromatic heterocycles. The summed E-state index contributed by atoms with van der Waals surface area (Å²) in [6.45, 7) is 6.29. The summed E-state index contributed by atoms with van der Waals surface area (Å²) in [5.74, 6) is 0.176. The Kier molecular flexibility index (Phi) is 4.53. The minimum absolute atomic E-state index is 0.0553. The van der Waals surface area contributed by atoms with Crippen molar-refractivity contribution in [1.29, 1.82) is 0 Å². The lowest BCUT2D eigenvalue weighted by atomic mass is 9.95. The molecule has 0 radical (unpaired) electrons. The number of para-hydroxylation sites is 1. The number of nitrogen functional groups attached to an aromatic ring is 1. The number of rotatable bonds is 4. The summed E-state index contributed by atoms with van der Waals surface area (Å²) in [5.41, 5.74) is 9.11. The van der Waals surface area contributed by atoms with E-state index in [9.17, 15) is 9.90 Å². The monoisotopic (exact) mass is 336 g/mol. The zero-order valence-corrected chi connectivity index (χ0v) is 14.9. The molecule has 25 heavy (non-hydrogen) atoms. The van der Waals surface area contributed by atoms with Gasteiger partial charge >= 0.3 is 0 Å². The lowest BCUT2D eigenvalue weighted by Crippen LogP contribution is -2.21. The van der Waals surface area contributed by atoms with Crippen molar-refractivity contribution < 1.29 is 5.11 Å². The third kappa shape index (κ3) is 2.88. The largest absolute Gasteiger partial charge is 0.494 e. The maximum atomic E-state index is 12.9. The molecular weight excluding hydrogens is 312 g/mol. The van der Waals surface area contributed by atoms with E-state index >= 15 is 0 Å². The van der Waals surface area contributed by atoms with E-state index in [1.54, 1.807) is 18.2 Å². The summed E-state index contributed by atoms with van der Waals surface area (Å²) in [5, 5.41) is 12.1. The van der Waals surface area contributed by atoms with E-state index in [1.807, 2.05) is 18.2 Å². The SMILES string of the molecule is CCCc1cccc(C(C)C)c1-n1c(O)c2cccc(N)c2cc1=O. The molecule has 0 spiro atoms. The molecule has 0 saturated heterocycles. The third-order valence-corrected chi connectivity index (χ3v) is 4.60. The highest BCUT2D eigenvalue weighted by molar-refractivity contribution is 5.96. The minimum Gasteiger partial charge on any atom is -0.494 e. The van der Waals surface area contributed by atoms with Crippen LogP contribution in [0.5, 0.6) is 5.88 Å². The van der Waals surface area contributed by atoms with Gasteiger partial charge < -0.3 is 10.8 Å². The van der Waals surface area contributed by atoms with E-state index in [0.29, 0.717) is 16.5 Å². The molecule has 0 amide bonds. The molecular formula is C21H24N2O2. The van der Waals surface area contributed by atoms with Gasteiger partial charge in [-0.2, -0.15) is 0 Å². The number of nitrogens with zero attached hydrogens (tertiary/aromatic N) is 1. The van der Waals surface area contributed by atoms with E-state index in [4.69, 9.17) is 5.73 Å². The quantitative estimate of drug-likeness (QED) is 0.696. The van der Waals surface area contributed by atoms with E-state index in [2.05, 4.69) is 20.8 Å². The number of aromatic hydroxyl groups is 1. The zero-order chi connectivity index (χ0) is 18.1. The predicted molar refractivity (Wildman–Crippen MR) is 104 cm³/mol. The first-order valence-electron chi connectivity index (χ1n) is 8.71. The van der Waals surface area contributed by atoms with Crippen LogP contribution in [0.2, 0.25) is 0 Å². The molecule has 0 saturated carbocycles. The normalized spacial score (nSPS) is 11.4. The number of hydrogen-bond donors (Lipinski definition) is 2. The average Bonchev–Trinajstić information content (AvgIpc) is 2.57. The van der Waals surface area contributed by atoms with Gasteiger partial charge in [0, 0.05) is 22.5 Å². The van der Waals surface area contributed by atoms with E-state index in [1.165, 1.54) is 10.6 Å². The summed E-state index contributed by atoms with van der Waals surface area (Å²) in [6, 6.07) is 12.9. The van der Waals surface area contributed by atoms with Crippen LogP contribution in [0.25, 0.3) is 16.5 Å².